The van der Waals surface area contributed by atoms with E-state index in [0.717, 1.165) is 5.56 Å². The Hall–Kier alpha value is -1.15. The summed E-state index contributed by atoms with van der Waals surface area (Å²) in [4.78, 5) is 11.7. The molecule has 1 unspecified atom stereocenters. The molecule has 0 saturated carbocycles. The van der Waals surface area contributed by atoms with Crippen molar-refractivity contribution in [2.24, 2.45) is 5.92 Å². The number of ketones is 1. The molecule has 1 rings (SSSR count). The summed E-state index contributed by atoms with van der Waals surface area (Å²) in [6, 6.07) is 9.29. The minimum Gasteiger partial charge on any atom is -0.384 e. The third-order valence-electron chi connectivity index (χ3n) is 1.92. The van der Waals surface area contributed by atoms with Crippen molar-refractivity contribution in [3.63, 3.8) is 0 Å². The number of carbonyl (C=O) groups is 1. The molecule has 1 aromatic rings. The van der Waals surface area contributed by atoms with Gasteiger partial charge in [0.1, 0.15) is 0 Å². The molecule has 0 spiro atoms. The molecule has 0 fully saturated rings. The van der Waals surface area contributed by atoms with Gasteiger partial charge in [-0.1, -0.05) is 37.3 Å². The zero-order valence-electron chi connectivity index (χ0n) is 7.99. The number of hydrogen-bond donors (Lipinski definition) is 0. The summed E-state index contributed by atoms with van der Waals surface area (Å²) >= 11 is 0. The quantitative estimate of drug-likeness (QED) is 0.660. The van der Waals surface area contributed by atoms with Gasteiger partial charge in [-0.25, -0.2) is 0 Å². The van der Waals surface area contributed by atoms with Gasteiger partial charge in [0.2, 0.25) is 0 Å². The molecule has 0 bridgehead atoms. The Morgan fingerprint density at radius 2 is 2.00 bits per heavy atom. The molecule has 2 heteroatoms. The van der Waals surface area contributed by atoms with Crippen LogP contribution >= 0.6 is 0 Å². The van der Waals surface area contributed by atoms with Crippen LogP contribution in [0.25, 0.3) is 0 Å². The minimum atomic E-state index is -0.0626. The normalized spacial score (nSPS) is 12.5. The van der Waals surface area contributed by atoms with E-state index in [1.165, 1.54) is 0 Å². The predicted octanol–water partition coefficient (Wildman–Crippen LogP) is 2.15. The van der Waals surface area contributed by atoms with Crippen LogP contribution in [-0.2, 0) is 4.74 Å². The van der Waals surface area contributed by atoms with Gasteiger partial charge in [-0.2, -0.15) is 0 Å². The van der Waals surface area contributed by atoms with Crippen LogP contribution in [0.15, 0.2) is 30.3 Å². The summed E-state index contributed by atoms with van der Waals surface area (Å²) in [5, 5.41) is 0. The molecule has 0 amide bonds. The summed E-state index contributed by atoms with van der Waals surface area (Å²) in [5.41, 5.74) is 0.757. The second-order valence-corrected chi connectivity index (χ2v) is 3.09. The smallest absolute Gasteiger partial charge is 0.167 e. The van der Waals surface area contributed by atoms with Crippen LogP contribution < -0.4 is 0 Å². The summed E-state index contributed by atoms with van der Waals surface area (Å²) in [5.74, 6) is 0.0786. The number of methoxy groups -OCH3 is 1. The molecule has 2 nitrogen and oxygen atoms in total. The molecular weight excluding hydrogens is 164 g/mol. The van der Waals surface area contributed by atoms with E-state index in [1.54, 1.807) is 7.11 Å². The first-order chi connectivity index (χ1) is 6.25. The van der Waals surface area contributed by atoms with E-state index in [0.29, 0.717) is 6.61 Å². The highest BCUT2D eigenvalue weighted by molar-refractivity contribution is 5.97. The largest absolute Gasteiger partial charge is 0.384 e. The van der Waals surface area contributed by atoms with E-state index in [-0.39, 0.29) is 11.7 Å². The molecule has 1 atom stereocenters. The van der Waals surface area contributed by atoms with Crippen molar-refractivity contribution in [2.45, 2.75) is 6.92 Å². The fourth-order valence-electron chi connectivity index (χ4n) is 1.21. The number of Topliss-reactive ketones (excluding diaryl/α,β-unsaturated/α-hetero) is 1. The molecule has 0 aromatic heterocycles. The monoisotopic (exact) mass is 178 g/mol. The highest BCUT2D eigenvalue weighted by Crippen LogP contribution is 2.08. The van der Waals surface area contributed by atoms with Crippen molar-refractivity contribution in [3.05, 3.63) is 35.9 Å². The summed E-state index contributed by atoms with van der Waals surface area (Å²) in [6.07, 6.45) is 0. The Bertz CT molecular complexity index is 267. The lowest BCUT2D eigenvalue weighted by atomic mass is 10.0. The van der Waals surface area contributed by atoms with E-state index in [2.05, 4.69) is 0 Å². The molecule has 0 N–H and O–H groups in total. The lowest BCUT2D eigenvalue weighted by Gasteiger charge is -2.08. The molecule has 0 heterocycles. The average molecular weight is 178 g/mol. The van der Waals surface area contributed by atoms with E-state index in [1.807, 2.05) is 37.3 Å². The second-order valence-electron chi connectivity index (χ2n) is 3.09. The molecule has 0 saturated heterocycles. The van der Waals surface area contributed by atoms with E-state index in [4.69, 9.17) is 4.74 Å². The van der Waals surface area contributed by atoms with Crippen molar-refractivity contribution < 1.29 is 9.53 Å². The summed E-state index contributed by atoms with van der Waals surface area (Å²) in [6.45, 7) is 2.35. The highest BCUT2D eigenvalue weighted by Gasteiger charge is 2.13. The Morgan fingerprint density at radius 3 is 2.54 bits per heavy atom. The first kappa shape index (κ1) is 9.93. The van der Waals surface area contributed by atoms with Crippen LogP contribution in [-0.4, -0.2) is 19.5 Å². The van der Waals surface area contributed by atoms with Gasteiger partial charge in [0.05, 0.1) is 6.61 Å². The standard InChI is InChI=1S/C11H14O2/c1-9(8-13-2)11(12)10-6-4-3-5-7-10/h3-7,9H,8H2,1-2H3. The predicted molar refractivity (Wildman–Crippen MR) is 51.8 cm³/mol. The van der Waals surface area contributed by atoms with Crippen LogP contribution in [0.1, 0.15) is 17.3 Å². The van der Waals surface area contributed by atoms with Gasteiger partial charge in [-0.15, -0.1) is 0 Å². The third kappa shape index (κ3) is 2.67. The lowest BCUT2D eigenvalue weighted by Crippen LogP contribution is -2.16. The van der Waals surface area contributed by atoms with Crippen LogP contribution in [0.3, 0.4) is 0 Å². The maximum absolute atomic E-state index is 11.7. The number of hydrogen-bond acceptors (Lipinski definition) is 2. The SMILES string of the molecule is COCC(C)C(=O)c1ccccc1. The molecule has 13 heavy (non-hydrogen) atoms. The Labute approximate surface area is 78.5 Å². The van der Waals surface area contributed by atoms with Crippen LogP contribution in [0.2, 0.25) is 0 Å². The van der Waals surface area contributed by atoms with Crippen molar-refractivity contribution in [1.82, 2.24) is 0 Å². The Balaban J connectivity index is 2.68. The van der Waals surface area contributed by atoms with E-state index < -0.39 is 0 Å². The molecule has 70 valence electrons. The number of rotatable bonds is 4. The molecule has 1 aromatic carbocycles. The van der Waals surface area contributed by atoms with E-state index >= 15 is 0 Å². The van der Waals surface area contributed by atoms with Crippen molar-refractivity contribution in [3.8, 4) is 0 Å². The maximum atomic E-state index is 11.7. The van der Waals surface area contributed by atoms with Crippen LogP contribution in [0, 0.1) is 5.92 Å². The lowest BCUT2D eigenvalue weighted by molar-refractivity contribution is 0.0830. The first-order valence-corrected chi connectivity index (χ1v) is 4.34. The van der Waals surface area contributed by atoms with Crippen molar-refractivity contribution in [2.75, 3.05) is 13.7 Å². The number of benzene rings is 1. The average Bonchev–Trinajstić information content (AvgIpc) is 2.18. The van der Waals surface area contributed by atoms with Gasteiger partial charge in [0.15, 0.2) is 5.78 Å². The fourth-order valence-corrected chi connectivity index (χ4v) is 1.21. The second kappa shape index (κ2) is 4.77. The maximum Gasteiger partial charge on any atom is 0.167 e. The fraction of sp³-hybridized carbons (Fsp3) is 0.364. The summed E-state index contributed by atoms with van der Waals surface area (Å²) < 4.78 is 4.93. The van der Waals surface area contributed by atoms with Gasteiger partial charge in [-0.3, -0.25) is 4.79 Å². The number of carbonyl (C=O) groups excluding carboxylic acids is 1. The van der Waals surface area contributed by atoms with Gasteiger partial charge >= 0.3 is 0 Å². The zero-order chi connectivity index (χ0) is 9.68. The van der Waals surface area contributed by atoms with Gasteiger partial charge in [-0.05, 0) is 0 Å². The van der Waals surface area contributed by atoms with Gasteiger partial charge in [0.25, 0.3) is 0 Å². The van der Waals surface area contributed by atoms with Crippen LogP contribution in [0.5, 0.6) is 0 Å². The molecule has 0 radical (unpaired) electrons. The van der Waals surface area contributed by atoms with Crippen molar-refractivity contribution in [1.29, 1.82) is 0 Å². The Morgan fingerprint density at radius 1 is 1.38 bits per heavy atom. The molecular formula is C11H14O2. The molecule has 0 aliphatic rings. The van der Waals surface area contributed by atoms with Crippen molar-refractivity contribution >= 4 is 5.78 Å². The van der Waals surface area contributed by atoms with E-state index in [9.17, 15) is 4.79 Å². The van der Waals surface area contributed by atoms with Gasteiger partial charge < -0.3 is 4.74 Å². The number of ether oxygens (including phenoxy) is 1. The zero-order valence-corrected chi connectivity index (χ0v) is 7.99. The highest BCUT2D eigenvalue weighted by atomic mass is 16.5. The molecule has 0 aliphatic carbocycles. The minimum absolute atomic E-state index is 0.0626. The first-order valence-electron chi connectivity index (χ1n) is 4.34. The van der Waals surface area contributed by atoms with Crippen LogP contribution in [0.4, 0.5) is 0 Å². The van der Waals surface area contributed by atoms with Gasteiger partial charge in [0, 0.05) is 18.6 Å². The third-order valence-corrected chi connectivity index (χ3v) is 1.92. The Kier molecular flexibility index (Phi) is 3.65. The summed E-state index contributed by atoms with van der Waals surface area (Å²) in [7, 11) is 1.61. The topological polar surface area (TPSA) is 26.3 Å². The molecule has 0 aliphatic heterocycles.